The summed E-state index contributed by atoms with van der Waals surface area (Å²) in [6, 6.07) is -0.356. The third kappa shape index (κ3) is 5.71. The van der Waals surface area contributed by atoms with Gasteiger partial charge in [0.2, 0.25) is 11.8 Å². The SMILES string of the molecule is CC(C)OCCC(=O)N1CSC[C@@H]1C(=O)NC(C)(C)C. The van der Waals surface area contributed by atoms with Crippen LogP contribution in [0.2, 0.25) is 0 Å². The Labute approximate surface area is 125 Å². The second-order valence-corrected chi connectivity index (χ2v) is 7.29. The zero-order valence-corrected chi connectivity index (χ0v) is 13.9. The second-order valence-electron chi connectivity index (χ2n) is 6.29. The summed E-state index contributed by atoms with van der Waals surface area (Å²) < 4.78 is 5.39. The van der Waals surface area contributed by atoms with Crippen LogP contribution in [0.25, 0.3) is 0 Å². The first-order chi connectivity index (χ1) is 9.20. The number of hydrogen-bond acceptors (Lipinski definition) is 4. The summed E-state index contributed by atoms with van der Waals surface area (Å²) >= 11 is 1.62. The highest BCUT2D eigenvalue weighted by Gasteiger charge is 2.35. The Hall–Kier alpha value is -0.750. The molecule has 0 aromatic carbocycles. The zero-order valence-electron chi connectivity index (χ0n) is 13.1. The van der Waals surface area contributed by atoms with Gasteiger partial charge in [-0.2, -0.15) is 0 Å². The van der Waals surface area contributed by atoms with Gasteiger partial charge in [0.15, 0.2) is 0 Å². The smallest absolute Gasteiger partial charge is 0.244 e. The standard InChI is InChI=1S/C14H26N2O3S/c1-10(2)19-7-6-12(17)16-9-20-8-11(16)13(18)15-14(3,4)5/h10-11H,6-9H2,1-5H3,(H,15,18)/t11-/m1/s1. The second kappa shape index (κ2) is 7.31. The van der Waals surface area contributed by atoms with Crippen molar-refractivity contribution in [3.63, 3.8) is 0 Å². The van der Waals surface area contributed by atoms with Gasteiger partial charge in [-0.25, -0.2) is 0 Å². The van der Waals surface area contributed by atoms with Crippen molar-refractivity contribution in [2.45, 2.75) is 58.7 Å². The van der Waals surface area contributed by atoms with E-state index >= 15 is 0 Å². The minimum absolute atomic E-state index is 0.00953. The lowest BCUT2D eigenvalue weighted by atomic mass is 10.1. The number of carbonyl (C=O) groups is 2. The van der Waals surface area contributed by atoms with E-state index < -0.39 is 0 Å². The van der Waals surface area contributed by atoms with Gasteiger partial charge in [0.25, 0.3) is 0 Å². The molecule has 0 unspecified atom stereocenters. The maximum absolute atomic E-state index is 12.2. The molecule has 0 bridgehead atoms. The lowest BCUT2D eigenvalue weighted by Crippen LogP contribution is -2.52. The van der Waals surface area contributed by atoms with Crippen LogP contribution >= 0.6 is 11.8 Å². The molecule has 116 valence electrons. The average Bonchev–Trinajstić information content (AvgIpc) is 2.74. The number of hydrogen-bond donors (Lipinski definition) is 1. The van der Waals surface area contributed by atoms with Gasteiger partial charge >= 0.3 is 0 Å². The van der Waals surface area contributed by atoms with E-state index in [-0.39, 0.29) is 29.5 Å². The summed E-state index contributed by atoms with van der Waals surface area (Å²) in [6.07, 6.45) is 0.452. The normalized spacial score (nSPS) is 19.5. The molecular weight excluding hydrogens is 276 g/mol. The van der Waals surface area contributed by atoms with Gasteiger partial charge in [0.1, 0.15) is 6.04 Å². The Morgan fingerprint density at radius 1 is 1.40 bits per heavy atom. The molecule has 1 heterocycles. The molecule has 0 spiro atoms. The minimum atomic E-state index is -0.356. The van der Waals surface area contributed by atoms with Crippen LogP contribution in [0.15, 0.2) is 0 Å². The van der Waals surface area contributed by atoms with Crippen LogP contribution < -0.4 is 5.32 Å². The van der Waals surface area contributed by atoms with Crippen LogP contribution in [0.5, 0.6) is 0 Å². The van der Waals surface area contributed by atoms with Crippen molar-refractivity contribution in [2.75, 3.05) is 18.2 Å². The first-order valence-corrected chi connectivity index (χ1v) is 8.17. The highest BCUT2D eigenvalue weighted by Crippen LogP contribution is 2.22. The molecule has 0 aromatic rings. The molecule has 1 aliphatic rings. The fourth-order valence-electron chi connectivity index (χ4n) is 1.88. The summed E-state index contributed by atoms with van der Waals surface area (Å²) in [7, 11) is 0. The topological polar surface area (TPSA) is 58.6 Å². The summed E-state index contributed by atoms with van der Waals surface area (Å²) in [5.74, 6) is 1.17. The molecule has 1 rings (SSSR count). The number of nitrogens with one attached hydrogen (secondary N) is 1. The molecule has 5 nitrogen and oxygen atoms in total. The van der Waals surface area contributed by atoms with E-state index in [1.165, 1.54) is 0 Å². The van der Waals surface area contributed by atoms with E-state index in [1.54, 1.807) is 16.7 Å². The highest BCUT2D eigenvalue weighted by molar-refractivity contribution is 7.99. The Bertz CT molecular complexity index is 353. The summed E-state index contributed by atoms with van der Waals surface area (Å²) in [6.45, 7) is 10.1. The van der Waals surface area contributed by atoms with Crippen molar-refractivity contribution >= 4 is 23.6 Å². The Balaban J connectivity index is 2.51. The largest absolute Gasteiger partial charge is 0.378 e. The quantitative estimate of drug-likeness (QED) is 0.838. The van der Waals surface area contributed by atoms with E-state index in [1.807, 2.05) is 34.6 Å². The Kier molecular flexibility index (Phi) is 6.33. The molecule has 1 atom stereocenters. The number of amides is 2. The summed E-state index contributed by atoms with van der Waals surface area (Å²) in [4.78, 5) is 26.0. The molecule has 1 aliphatic heterocycles. The summed E-state index contributed by atoms with van der Waals surface area (Å²) in [5, 5.41) is 2.94. The first-order valence-electron chi connectivity index (χ1n) is 7.01. The molecule has 6 heteroatoms. The van der Waals surface area contributed by atoms with E-state index in [9.17, 15) is 9.59 Å². The number of rotatable bonds is 5. The van der Waals surface area contributed by atoms with Crippen LogP contribution in [0.4, 0.5) is 0 Å². The predicted octanol–water partition coefficient (Wildman–Crippen LogP) is 1.62. The highest BCUT2D eigenvalue weighted by atomic mass is 32.2. The fourth-order valence-corrected chi connectivity index (χ4v) is 3.06. The van der Waals surface area contributed by atoms with Crippen molar-refractivity contribution in [2.24, 2.45) is 0 Å². The van der Waals surface area contributed by atoms with Gasteiger partial charge in [-0.15, -0.1) is 11.8 Å². The monoisotopic (exact) mass is 302 g/mol. The van der Waals surface area contributed by atoms with Gasteiger partial charge in [-0.3, -0.25) is 9.59 Å². The molecule has 2 amide bonds. The van der Waals surface area contributed by atoms with Crippen LogP contribution in [-0.2, 0) is 14.3 Å². The van der Waals surface area contributed by atoms with E-state index in [0.29, 0.717) is 24.7 Å². The van der Waals surface area contributed by atoms with Gasteiger partial charge in [-0.05, 0) is 34.6 Å². The lowest BCUT2D eigenvalue weighted by molar-refractivity contribution is -0.139. The molecule has 20 heavy (non-hydrogen) atoms. The third-order valence-corrected chi connectivity index (χ3v) is 3.78. The Morgan fingerprint density at radius 3 is 2.60 bits per heavy atom. The first kappa shape index (κ1) is 17.3. The van der Waals surface area contributed by atoms with Gasteiger partial charge < -0.3 is 15.0 Å². The minimum Gasteiger partial charge on any atom is -0.378 e. The van der Waals surface area contributed by atoms with E-state index in [2.05, 4.69) is 5.32 Å². The maximum atomic E-state index is 12.2. The van der Waals surface area contributed by atoms with Crippen molar-refractivity contribution in [1.29, 1.82) is 0 Å². The van der Waals surface area contributed by atoms with E-state index in [4.69, 9.17) is 4.74 Å². The molecule has 0 saturated carbocycles. The molecule has 0 radical (unpaired) electrons. The molecule has 0 aliphatic carbocycles. The number of carbonyl (C=O) groups excluding carboxylic acids is 2. The molecule has 0 aromatic heterocycles. The lowest BCUT2D eigenvalue weighted by Gasteiger charge is -2.27. The van der Waals surface area contributed by atoms with Crippen molar-refractivity contribution in [3.8, 4) is 0 Å². The molecule has 1 fully saturated rings. The average molecular weight is 302 g/mol. The van der Waals surface area contributed by atoms with Crippen LogP contribution in [0, 0.1) is 0 Å². The van der Waals surface area contributed by atoms with Crippen molar-refractivity contribution in [3.05, 3.63) is 0 Å². The number of ether oxygens (including phenoxy) is 1. The third-order valence-electron chi connectivity index (χ3n) is 2.77. The molecular formula is C14H26N2O3S. The predicted molar refractivity (Wildman–Crippen MR) is 81.6 cm³/mol. The van der Waals surface area contributed by atoms with E-state index in [0.717, 1.165) is 0 Å². The van der Waals surface area contributed by atoms with Gasteiger partial charge in [-0.1, -0.05) is 0 Å². The summed E-state index contributed by atoms with van der Waals surface area (Å²) in [5.41, 5.74) is -0.278. The van der Waals surface area contributed by atoms with Gasteiger partial charge in [0, 0.05) is 11.3 Å². The van der Waals surface area contributed by atoms with Crippen LogP contribution in [-0.4, -0.2) is 52.6 Å². The van der Waals surface area contributed by atoms with Crippen LogP contribution in [0.3, 0.4) is 0 Å². The zero-order chi connectivity index (χ0) is 15.3. The van der Waals surface area contributed by atoms with Gasteiger partial charge in [0.05, 0.1) is 25.0 Å². The van der Waals surface area contributed by atoms with Crippen molar-refractivity contribution < 1.29 is 14.3 Å². The maximum Gasteiger partial charge on any atom is 0.244 e. The molecule has 1 N–H and O–H groups in total. The van der Waals surface area contributed by atoms with Crippen LogP contribution in [0.1, 0.15) is 41.0 Å². The number of nitrogens with zero attached hydrogens (tertiary/aromatic N) is 1. The van der Waals surface area contributed by atoms with Crippen molar-refractivity contribution in [1.82, 2.24) is 10.2 Å². The number of thioether (sulfide) groups is 1. The molecule has 1 saturated heterocycles. The Morgan fingerprint density at radius 2 is 2.05 bits per heavy atom. The fraction of sp³-hybridized carbons (Fsp3) is 0.857.